The predicted octanol–water partition coefficient (Wildman–Crippen LogP) is 3.64. The summed E-state index contributed by atoms with van der Waals surface area (Å²) < 4.78 is 16.0. The number of amides is 1. The lowest BCUT2D eigenvalue weighted by atomic mass is 10.0. The Kier molecular flexibility index (Phi) is 7.14. The van der Waals surface area contributed by atoms with E-state index in [2.05, 4.69) is 30.1 Å². The van der Waals surface area contributed by atoms with Crippen molar-refractivity contribution in [3.63, 3.8) is 0 Å². The highest BCUT2D eigenvalue weighted by Crippen LogP contribution is 2.32. The van der Waals surface area contributed by atoms with Crippen LogP contribution in [0.15, 0.2) is 48.5 Å². The van der Waals surface area contributed by atoms with Crippen LogP contribution in [-0.4, -0.2) is 44.3 Å². The first-order valence-corrected chi connectivity index (χ1v) is 9.88. The van der Waals surface area contributed by atoms with Crippen LogP contribution in [0.1, 0.15) is 31.0 Å². The van der Waals surface area contributed by atoms with Gasteiger partial charge in [-0.1, -0.05) is 32.0 Å². The Morgan fingerprint density at radius 2 is 1.97 bits per heavy atom. The van der Waals surface area contributed by atoms with Gasteiger partial charge in [0.1, 0.15) is 5.75 Å². The number of hydrogen-bond donors (Lipinski definition) is 1. The second kappa shape index (κ2) is 9.98. The Bertz CT molecular complexity index is 862. The van der Waals surface area contributed by atoms with E-state index in [9.17, 15) is 4.79 Å². The van der Waals surface area contributed by atoms with Gasteiger partial charge in [0, 0.05) is 12.6 Å². The fourth-order valence-electron chi connectivity index (χ4n) is 3.42. The first kappa shape index (κ1) is 20.7. The number of carbonyl (C=O) groups is 1. The fourth-order valence-corrected chi connectivity index (χ4v) is 3.42. The van der Waals surface area contributed by atoms with Gasteiger partial charge in [-0.3, -0.25) is 9.69 Å². The maximum absolute atomic E-state index is 12.4. The summed E-state index contributed by atoms with van der Waals surface area (Å²) in [6.45, 7) is 6.78. The lowest BCUT2D eigenvalue weighted by molar-refractivity contribution is -0.116. The SMILES string of the molecule is CCN(CC)C(CNC(=O)/C=C/c1ccc2c(c1)OCO2)c1cccc(OC)c1. The second-order valence-corrected chi connectivity index (χ2v) is 6.70. The average molecular weight is 396 g/mol. The molecule has 29 heavy (non-hydrogen) atoms. The molecule has 0 bridgehead atoms. The first-order chi connectivity index (χ1) is 14.1. The third kappa shape index (κ3) is 5.29. The van der Waals surface area contributed by atoms with Gasteiger partial charge in [0.15, 0.2) is 11.5 Å². The van der Waals surface area contributed by atoms with Crippen LogP contribution >= 0.6 is 0 Å². The maximum atomic E-state index is 12.4. The molecular weight excluding hydrogens is 368 g/mol. The topological polar surface area (TPSA) is 60.0 Å². The van der Waals surface area contributed by atoms with Crippen LogP contribution < -0.4 is 19.5 Å². The van der Waals surface area contributed by atoms with Crippen molar-refractivity contribution in [2.45, 2.75) is 19.9 Å². The molecule has 0 radical (unpaired) electrons. The first-order valence-electron chi connectivity index (χ1n) is 9.88. The molecule has 1 unspecified atom stereocenters. The van der Waals surface area contributed by atoms with E-state index in [1.807, 2.05) is 36.4 Å². The molecular formula is C23H28N2O4. The maximum Gasteiger partial charge on any atom is 0.244 e. The van der Waals surface area contributed by atoms with Crippen LogP contribution in [-0.2, 0) is 4.79 Å². The smallest absolute Gasteiger partial charge is 0.244 e. The molecule has 154 valence electrons. The van der Waals surface area contributed by atoms with Gasteiger partial charge in [0.25, 0.3) is 0 Å². The Morgan fingerprint density at radius 1 is 1.17 bits per heavy atom. The van der Waals surface area contributed by atoms with E-state index in [1.54, 1.807) is 19.3 Å². The zero-order valence-corrected chi connectivity index (χ0v) is 17.2. The summed E-state index contributed by atoms with van der Waals surface area (Å²) in [6, 6.07) is 13.7. The summed E-state index contributed by atoms with van der Waals surface area (Å²) in [5, 5.41) is 3.03. The van der Waals surface area contributed by atoms with E-state index < -0.39 is 0 Å². The van der Waals surface area contributed by atoms with E-state index in [4.69, 9.17) is 14.2 Å². The molecule has 1 aliphatic heterocycles. The summed E-state index contributed by atoms with van der Waals surface area (Å²) in [7, 11) is 1.66. The minimum atomic E-state index is -0.136. The summed E-state index contributed by atoms with van der Waals surface area (Å²) in [5.74, 6) is 2.11. The summed E-state index contributed by atoms with van der Waals surface area (Å²) in [5.41, 5.74) is 2.01. The highest BCUT2D eigenvalue weighted by molar-refractivity contribution is 5.91. The molecule has 1 aliphatic rings. The van der Waals surface area contributed by atoms with Crippen molar-refractivity contribution in [1.29, 1.82) is 0 Å². The highest BCUT2D eigenvalue weighted by atomic mass is 16.7. The zero-order valence-electron chi connectivity index (χ0n) is 17.2. The molecule has 0 saturated carbocycles. The molecule has 0 saturated heterocycles. The molecule has 0 aromatic heterocycles. The van der Waals surface area contributed by atoms with Gasteiger partial charge in [-0.05, 0) is 54.6 Å². The van der Waals surface area contributed by atoms with Crippen LogP contribution in [0.3, 0.4) is 0 Å². The molecule has 0 aliphatic carbocycles. The lowest BCUT2D eigenvalue weighted by Crippen LogP contribution is -2.37. The van der Waals surface area contributed by atoms with Gasteiger partial charge in [-0.2, -0.15) is 0 Å². The molecule has 0 spiro atoms. The van der Waals surface area contributed by atoms with Gasteiger partial charge in [0.2, 0.25) is 12.7 Å². The Balaban J connectivity index is 1.65. The van der Waals surface area contributed by atoms with E-state index in [1.165, 1.54) is 0 Å². The predicted molar refractivity (Wildman–Crippen MR) is 113 cm³/mol. The average Bonchev–Trinajstić information content (AvgIpc) is 3.23. The highest BCUT2D eigenvalue weighted by Gasteiger charge is 2.19. The number of rotatable bonds is 9. The van der Waals surface area contributed by atoms with Crippen LogP contribution in [0.5, 0.6) is 17.2 Å². The molecule has 0 fully saturated rings. The molecule has 1 amide bonds. The third-order valence-corrected chi connectivity index (χ3v) is 5.03. The number of carbonyl (C=O) groups excluding carboxylic acids is 1. The van der Waals surface area contributed by atoms with Crippen LogP contribution in [0.4, 0.5) is 0 Å². The number of nitrogens with zero attached hydrogens (tertiary/aromatic N) is 1. The van der Waals surface area contributed by atoms with Gasteiger partial charge < -0.3 is 19.5 Å². The van der Waals surface area contributed by atoms with Crippen molar-refractivity contribution in [3.8, 4) is 17.2 Å². The summed E-state index contributed by atoms with van der Waals surface area (Å²) >= 11 is 0. The van der Waals surface area contributed by atoms with Crippen molar-refractivity contribution in [2.24, 2.45) is 0 Å². The molecule has 1 heterocycles. The largest absolute Gasteiger partial charge is 0.497 e. The number of hydrogen-bond acceptors (Lipinski definition) is 5. The van der Waals surface area contributed by atoms with Crippen molar-refractivity contribution in [3.05, 3.63) is 59.7 Å². The van der Waals surface area contributed by atoms with Crippen molar-refractivity contribution >= 4 is 12.0 Å². The second-order valence-electron chi connectivity index (χ2n) is 6.70. The van der Waals surface area contributed by atoms with Gasteiger partial charge in [-0.25, -0.2) is 0 Å². The number of nitrogens with one attached hydrogen (secondary N) is 1. The van der Waals surface area contributed by atoms with Crippen molar-refractivity contribution in [2.75, 3.05) is 33.5 Å². The molecule has 2 aromatic rings. The number of fused-ring (bicyclic) bond motifs is 1. The number of methoxy groups -OCH3 is 1. The van der Waals surface area contributed by atoms with E-state index in [0.29, 0.717) is 12.3 Å². The Morgan fingerprint density at radius 3 is 2.72 bits per heavy atom. The summed E-state index contributed by atoms with van der Waals surface area (Å²) in [6.07, 6.45) is 3.32. The number of benzene rings is 2. The molecule has 6 heteroatoms. The third-order valence-electron chi connectivity index (χ3n) is 5.03. The van der Waals surface area contributed by atoms with E-state index in [0.717, 1.165) is 35.7 Å². The quantitative estimate of drug-likeness (QED) is 0.656. The molecule has 1 atom stereocenters. The minimum Gasteiger partial charge on any atom is -0.497 e. The minimum absolute atomic E-state index is 0.0722. The van der Waals surface area contributed by atoms with E-state index in [-0.39, 0.29) is 18.7 Å². The van der Waals surface area contributed by atoms with Crippen LogP contribution in [0, 0.1) is 0 Å². The lowest BCUT2D eigenvalue weighted by Gasteiger charge is -2.30. The standard InChI is InChI=1S/C23H28N2O4/c1-4-25(5-2)20(18-7-6-8-19(14-18)27-3)15-24-23(26)12-10-17-9-11-21-22(13-17)29-16-28-21/h6-14,20H,4-5,15-16H2,1-3H3,(H,24,26)/b12-10+. The fraction of sp³-hybridized carbons (Fsp3) is 0.348. The van der Waals surface area contributed by atoms with Gasteiger partial charge >= 0.3 is 0 Å². The normalized spacial score (nSPS) is 13.7. The van der Waals surface area contributed by atoms with Crippen LogP contribution in [0.2, 0.25) is 0 Å². The van der Waals surface area contributed by atoms with E-state index >= 15 is 0 Å². The van der Waals surface area contributed by atoms with Crippen molar-refractivity contribution in [1.82, 2.24) is 10.2 Å². The van der Waals surface area contributed by atoms with Crippen molar-refractivity contribution < 1.29 is 19.0 Å². The Hall–Kier alpha value is -2.99. The summed E-state index contributed by atoms with van der Waals surface area (Å²) in [4.78, 5) is 14.7. The number of ether oxygens (including phenoxy) is 3. The number of likely N-dealkylation sites (N-methyl/N-ethyl adjacent to an activating group) is 1. The zero-order chi connectivity index (χ0) is 20.6. The van der Waals surface area contributed by atoms with Gasteiger partial charge in [0.05, 0.1) is 13.2 Å². The van der Waals surface area contributed by atoms with Crippen LogP contribution in [0.25, 0.3) is 6.08 Å². The molecule has 3 rings (SSSR count). The molecule has 2 aromatic carbocycles. The van der Waals surface area contributed by atoms with Gasteiger partial charge in [-0.15, -0.1) is 0 Å². The Labute approximate surface area is 172 Å². The molecule has 6 nitrogen and oxygen atoms in total. The monoisotopic (exact) mass is 396 g/mol. The molecule has 1 N–H and O–H groups in total.